The Kier molecular flexibility index (Phi) is 3.41. The lowest BCUT2D eigenvalue weighted by molar-refractivity contribution is -0.00644. The van der Waals surface area contributed by atoms with Gasteiger partial charge in [-0.2, -0.15) is 0 Å². The molecule has 2 aromatic rings. The smallest absolute Gasteiger partial charge is 0.133 e. The quantitative estimate of drug-likeness (QED) is 0.917. The molecule has 3 rings (SSSR count). The molecular weight excluding hydrogens is 268 g/mol. The maximum atomic E-state index is 10.8. The fourth-order valence-corrected chi connectivity index (χ4v) is 3.32. The van der Waals surface area contributed by atoms with Crippen molar-refractivity contribution in [2.24, 2.45) is 0 Å². The van der Waals surface area contributed by atoms with E-state index in [-0.39, 0.29) is 18.0 Å². The molecule has 0 spiro atoms. The van der Waals surface area contributed by atoms with Gasteiger partial charge in [0.05, 0.1) is 31.8 Å². The molecule has 112 valence electrons. The largest absolute Gasteiger partial charge is 0.507 e. The number of methoxy groups -OCH3 is 2. The van der Waals surface area contributed by atoms with Crippen molar-refractivity contribution in [3.63, 3.8) is 0 Å². The Morgan fingerprint density at radius 3 is 2.62 bits per heavy atom. The van der Waals surface area contributed by atoms with Gasteiger partial charge in [0.25, 0.3) is 0 Å². The lowest BCUT2D eigenvalue weighted by atomic mass is 9.89. The average Bonchev–Trinajstić information content (AvgIpc) is 2.46. The standard InChI is InChI=1S/C17H20O4/c1-9-8-12-14(10(2)21-9)16(18)15-11(17(12)20-4)6-5-7-13(15)19-3/h5-7,9-10,18H,8H2,1-4H3/t9-,10-/m0/s1. The number of ether oxygens (including phenoxy) is 3. The van der Waals surface area contributed by atoms with Crippen molar-refractivity contribution < 1.29 is 19.3 Å². The summed E-state index contributed by atoms with van der Waals surface area (Å²) < 4.78 is 16.9. The fourth-order valence-electron chi connectivity index (χ4n) is 3.32. The molecule has 0 aromatic heterocycles. The van der Waals surface area contributed by atoms with E-state index in [9.17, 15) is 5.11 Å². The molecule has 0 unspecified atom stereocenters. The minimum Gasteiger partial charge on any atom is -0.507 e. The van der Waals surface area contributed by atoms with Gasteiger partial charge in [-0.25, -0.2) is 0 Å². The second-order valence-corrected chi connectivity index (χ2v) is 5.45. The first-order valence-electron chi connectivity index (χ1n) is 7.12. The minimum absolute atomic E-state index is 0.101. The molecule has 4 nitrogen and oxygen atoms in total. The molecule has 0 saturated heterocycles. The molecule has 4 heteroatoms. The summed E-state index contributed by atoms with van der Waals surface area (Å²) in [7, 11) is 3.26. The van der Waals surface area contributed by atoms with Gasteiger partial charge in [0, 0.05) is 22.9 Å². The SMILES string of the molecule is COc1c2c(c(O)c3c(OC)cccc13)[C@H](C)O[C@@H](C)C2. The molecule has 0 amide bonds. The van der Waals surface area contributed by atoms with Gasteiger partial charge in [-0.1, -0.05) is 12.1 Å². The zero-order valence-corrected chi connectivity index (χ0v) is 12.8. The summed E-state index contributed by atoms with van der Waals surface area (Å²) in [5, 5.41) is 12.3. The van der Waals surface area contributed by atoms with Crippen molar-refractivity contribution in [2.75, 3.05) is 14.2 Å². The van der Waals surface area contributed by atoms with Crippen LogP contribution in [0.3, 0.4) is 0 Å². The Morgan fingerprint density at radius 2 is 1.95 bits per heavy atom. The molecule has 0 saturated carbocycles. The summed E-state index contributed by atoms with van der Waals surface area (Å²) in [4.78, 5) is 0. The van der Waals surface area contributed by atoms with Gasteiger partial charge >= 0.3 is 0 Å². The Labute approximate surface area is 124 Å². The predicted molar refractivity (Wildman–Crippen MR) is 81.4 cm³/mol. The molecule has 1 aliphatic heterocycles. The first kappa shape index (κ1) is 14.0. The molecule has 0 fully saturated rings. The van der Waals surface area contributed by atoms with Crippen molar-refractivity contribution in [3.8, 4) is 17.2 Å². The van der Waals surface area contributed by atoms with Crippen LogP contribution >= 0.6 is 0 Å². The van der Waals surface area contributed by atoms with Gasteiger partial charge in [-0.05, 0) is 19.9 Å². The fraction of sp³-hybridized carbons (Fsp3) is 0.412. The van der Waals surface area contributed by atoms with E-state index in [1.165, 1.54) is 0 Å². The van der Waals surface area contributed by atoms with Gasteiger partial charge in [-0.15, -0.1) is 0 Å². The van der Waals surface area contributed by atoms with Crippen LogP contribution in [0.5, 0.6) is 17.2 Å². The zero-order valence-electron chi connectivity index (χ0n) is 12.8. The van der Waals surface area contributed by atoms with Gasteiger partial charge in [0.15, 0.2) is 0 Å². The van der Waals surface area contributed by atoms with Crippen LogP contribution in [0.25, 0.3) is 10.8 Å². The number of hydrogen-bond donors (Lipinski definition) is 1. The second kappa shape index (κ2) is 5.11. The van der Waals surface area contributed by atoms with Gasteiger partial charge in [0.1, 0.15) is 17.2 Å². The Balaban J connectivity index is 2.44. The predicted octanol–water partition coefficient (Wildman–Crippen LogP) is 3.58. The van der Waals surface area contributed by atoms with Crippen molar-refractivity contribution >= 4 is 10.8 Å². The van der Waals surface area contributed by atoms with Crippen LogP contribution in [0.15, 0.2) is 18.2 Å². The number of fused-ring (bicyclic) bond motifs is 2. The molecule has 1 heterocycles. The highest BCUT2D eigenvalue weighted by Gasteiger charge is 2.31. The van der Waals surface area contributed by atoms with Crippen LogP contribution in [0.4, 0.5) is 0 Å². The van der Waals surface area contributed by atoms with Gasteiger partial charge in [-0.3, -0.25) is 0 Å². The lowest BCUT2D eigenvalue weighted by Gasteiger charge is -2.31. The Morgan fingerprint density at radius 1 is 1.19 bits per heavy atom. The summed E-state index contributed by atoms with van der Waals surface area (Å²) in [5.41, 5.74) is 1.84. The first-order valence-corrected chi connectivity index (χ1v) is 7.12. The Bertz CT molecular complexity index is 693. The van der Waals surface area contributed by atoms with E-state index in [1.807, 2.05) is 32.0 Å². The van der Waals surface area contributed by atoms with E-state index in [2.05, 4.69) is 0 Å². The zero-order chi connectivity index (χ0) is 15.1. The monoisotopic (exact) mass is 288 g/mol. The minimum atomic E-state index is -0.174. The number of benzene rings is 2. The highest BCUT2D eigenvalue weighted by Crippen LogP contribution is 2.49. The van der Waals surface area contributed by atoms with Crippen LogP contribution in [0.1, 0.15) is 31.1 Å². The molecule has 21 heavy (non-hydrogen) atoms. The van der Waals surface area contributed by atoms with Crippen LogP contribution in [-0.4, -0.2) is 25.4 Å². The van der Waals surface area contributed by atoms with Crippen molar-refractivity contribution in [1.82, 2.24) is 0 Å². The van der Waals surface area contributed by atoms with E-state index in [4.69, 9.17) is 14.2 Å². The first-order chi connectivity index (χ1) is 10.1. The highest BCUT2D eigenvalue weighted by molar-refractivity contribution is 6.00. The maximum Gasteiger partial charge on any atom is 0.133 e. The molecule has 1 aliphatic rings. The number of phenols is 1. The van der Waals surface area contributed by atoms with Crippen molar-refractivity contribution in [3.05, 3.63) is 29.3 Å². The second-order valence-electron chi connectivity index (χ2n) is 5.45. The molecule has 0 radical (unpaired) electrons. The molecule has 1 N–H and O–H groups in total. The third-order valence-electron chi connectivity index (χ3n) is 4.12. The number of rotatable bonds is 2. The molecule has 2 aromatic carbocycles. The van der Waals surface area contributed by atoms with Crippen LogP contribution < -0.4 is 9.47 Å². The summed E-state index contributed by atoms with van der Waals surface area (Å²) in [6.45, 7) is 3.99. The van der Waals surface area contributed by atoms with Crippen LogP contribution in [0, 0.1) is 0 Å². The van der Waals surface area contributed by atoms with E-state index in [0.29, 0.717) is 11.1 Å². The van der Waals surface area contributed by atoms with E-state index < -0.39 is 0 Å². The van der Waals surface area contributed by atoms with E-state index in [1.54, 1.807) is 14.2 Å². The number of phenolic OH excluding ortho intramolecular Hbond substituents is 1. The summed E-state index contributed by atoms with van der Waals surface area (Å²) >= 11 is 0. The lowest BCUT2D eigenvalue weighted by Crippen LogP contribution is -2.23. The molecular formula is C17H20O4. The number of hydrogen-bond acceptors (Lipinski definition) is 4. The topological polar surface area (TPSA) is 47.9 Å². The highest BCUT2D eigenvalue weighted by atomic mass is 16.5. The Hall–Kier alpha value is -1.94. The average molecular weight is 288 g/mol. The molecule has 0 aliphatic carbocycles. The molecule has 2 atom stereocenters. The number of aromatic hydroxyl groups is 1. The van der Waals surface area contributed by atoms with Gasteiger partial charge < -0.3 is 19.3 Å². The van der Waals surface area contributed by atoms with Crippen molar-refractivity contribution in [2.45, 2.75) is 32.5 Å². The maximum absolute atomic E-state index is 10.8. The van der Waals surface area contributed by atoms with Gasteiger partial charge in [0.2, 0.25) is 0 Å². The van der Waals surface area contributed by atoms with E-state index in [0.717, 1.165) is 28.7 Å². The molecule has 0 bridgehead atoms. The normalized spacial score (nSPS) is 21.1. The summed E-state index contributed by atoms with van der Waals surface area (Å²) in [6, 6.07) is 5.69. The van der Waals surface area contributed by atoms with Crippen molar-refractivity contribution in [1.29, 1.82) is 0 Å². The third kappa shape index (κ3) is 2.02. The van der Waals surface area contributed by atoms with Crippen LogP contribution in [-0.2, 0) is 11.2 Å². The summed E-state index contributed by atoms with van der Waals surface area (Å²) in [5.74, 6) is 1.67. The third-order valence-corrected chi connectivity index (χ3v) is 4.12. The van der Waals surface area contributed by atoms with E-state index >= 15 is 0 Å². The summed E-state index contributed by atoms with van der Waals surface area (Å²) in [6.07, 6.45) is 0.652. The van der Waals surface area contributed by atoms with Crippen LogP contribution in [0.2, 0.25) is 0 Å².